The van der Waals surface area contributed by atoms with Gasteiger partial charge >= 0.3 is 33.0 Å². The molecule has 0 spiro atoms. The SMILES string of the molecule is CC[Si](CC)(CC)Oc1cc(C=NC(c2ccccc2)C(N=Cc2cc(O[Si](CC)(CC)CC)cc(C(C)(C)C)c2O)c2ccccc2)c(O)c(C(C)(C)C)c1.F[P-](F)(F)(F)(F)F.[Mn]. The Morgan fingerprint density at radius 3 is 1.03 bits per heavy atom. The molecule has 0 bridgehead atoms. The summed E-state index contributed by atoms with van der Waals surface area (Å²) in [6.07, 6.45) is 3.59. The van der Waals surface area contributed by atoms with E-state index in [4.69, 9.17) is 18.8 Å². The number of phenols is 2. The van der Waals surface area contributed by atoms with Gasteiger partial charge in [-0.25, -0.2) is 0 Å². The zero-order chi connectivity index (χ0) is 47.7. The first-order valence-electron chi connectivity index (χ1n) is 21.8. The Morgan fingerprint density at radius 2 is 0.797 bits per heavy atom. The second-order valence-electron chi connectivity index (χ2n) is 18.2. The van der Waals surface area contributed by atoms with Crippen molar-refractivity contribution in [1.82, 2.24) is 0 Å². The van der Waals surface area contributed by atoms with Gasteiger partial charge in [0.05, 0.1) is 0 Å². The molecule has 4 rings (SSSR count). The van der Waals surface area contributed by atoms with Crippen LogP contribution in [-0.4, -0.2) is 39.3 Å². The van der Waals surface area contributed by atoms with Crippen molar-refractivity contribution < 1.29 is 61.3 Å². The second-order valence-corrected chi connectivity index (χ2v) is 29.5. The molecule has 4 aromatic carbocycles. The van der Waals surface area contributed by atoms with Gasteiger partial charge in [-0.2, -0.15) is 0 Å². The van der Waals surface area contributed by atoms with Crippen molar-refractivity contribution in [2.24, 2.45) is 9.98 Å². The molecule has 0 fully saturated rings. The summed E-state index contributed by atoms with van der Waals surface area (Å²) in [5.41, 5.74) is 4.19. The first kappa shape index (κ1) is 56.5. The summed E-state index contributed by atoms with van der Waals surface area (Å²) >= 11 is 0. The van der Waals surface area contributed by atoms with Crippen molar-refractivity contribution in [2.75, 3.05) is 0 Å². The van der Waals surface area contributed by atoms with E-state index in [1.165, 1.54) is 0 Å². The van der Waals surface area contributed by atoms with Gasteiger partial charge in [-0.3, -0.25) is 9.98 Å². The van der Waals surface area contributed by atoms with E-state index >= 15 is 0 Å². The van der Waals surface area contributed by atoms with Crippen LogP contribution in [0.2, 0.25) is 36.3 Å². The summed E-state index contributed by atoms with van der Waals surface area (Å²) in [7, 11) is -14.7. The molecule has 4 aromatic rings. The molecule has 0 saturated heterocycles. The van der Waals surface area contributed by atoms with Crippen LogP contribution in [0.4, 0.5) is 25.2 Å². The van der Waals surface area contributed by atoms with E-state index in [-0.39, 0.29) is 39.4 Å². The fourth-order valence-electron chi connectivity index (χ4n) is 7.47. The van der Waals surface area contributed by atoms with Gasteiger partial charge in [0.2, 0.25) is 16.6 Å². The van der Waals surface area contributed by atoms with Gasteiger partial charge in [-0.1, -0.05) is 144 Å². The largest absolute Gasteiger partial charge is 0 e. The third kappa shape index (κ3) is 17.0. The molecule has 0 amide bonds. The molecular weight excluding hydrogens is 925 g/mol. The van der Waals surface area contributed by atoms with E-state index < -0.39 is 36.5 Å². The monoisotopic (exact) mass is 992 g/mol. The van der Waals surface area contributed by atoms with Crippen molar-refractivity contribution in [1.29, 1.82) is 0 Å². The molecule has 0 aliphatic heterocycles. The molecule has 2 atom stereocenters. The molecule has 0 aromatic heterocycles. The standard InChI is InChI=1S/C48H68N2O4Si2.F6P.Mn/c1-13-55(14-2,15-3)53-39-29-37(45(51)41(31-39)47(7,8)9)33-49-43(35-25-21-19-22-26-35)44(36-27-23-20-24-28-36)50-34-38-30-40(54-56(16-4,17-5)18-6)32-42(46(38)52)48(10,11)12;1-7(2,3,4,5)6;/h19-34,43-44,51-52H,13-18H2,1-12H3;;/q;-1;. The molecule has 0 aliphatic rings. The Morgan fingerprint density at radius 1 is 0.531 bits per heavy atom. The van der Waals surface area contributed by atoms with Crippen LogP contribution in [0.3, 0.4) is 0 Å². The third-order valence-corrected chi connectivity index (χ3v) is 20.8. The average molecular weight is 993 g/mol. The molecule has 6 nitrogen and oxygen atoms in total. The van der Waals surface area contributed by atoms with Crippen LogP contribution in [0.25, 0.3) is 0 Å². The zero-order valence-electron chi connectivity index (χ0n) is 39.3. The number of phenolic OH excluding ortho intramolecular Hbond substituents is 2. The number of benzene rings is 4. The number of halogens is 6. The average Bonchev–Trinajstić information content (AvgIpc) is 3.20. The van der Waals surface area contributed by atoms with Crippen LogP contribution in [-0.2, 0) is 27.9 Å². The fraction of sp³-hybridized carbons (Fsp3) is 0.458. The quantitative estimate of drug-likeness (QED) is 0.0478. The molecule has 0 aliphatic carbocycles. The van der Waals surface area contributed by atoms with Crippen LogP contribution < -0.4 is 8.85 Å². The smallest absolute Gasteiger partial charge is 0 e. The molecule has 16 heteroatoms. The number of aliphatic imine (C=N–C) groups is 2. The first-order valence-corrected chi connectivity index (χ1v) is 28.9. The van der Waals surface area contributed by atoms with E-state index in [0.717, 1.165) is 70.0 Å². The normalized spacial score (nSPS) is 14.8. The predicted molar refractivity (Wildman–Crippen MR) is 256 cm³/mol. The maximum atomic E-state index is 11.8. The molecule has 0 heterocycles. The van der Waals surface area contributed by atoms with Crippen molar-refractivity contribution in [3.05, 3.63) is 118 Å². The van der Waals surface area contributed by atoms with Gasteiger partial charge in [-0.05, 0) is 82.5 Å². The van der Waals surface area contributed by atoms with Gasteiger partial charge in [-0.15, -0.1) is 0 Å². The van der Waals surface area contributed by atoms with Crippen molar-refractivity contribution in [2.45, 2.75) is 142 Å². The Balaban J connectivity index is 0.00000162. The molecule has 64 heavy (non-hydrogen) atoms. The van der Waals surface area contributed by atoms with E-state index in [1.807, 2.05) is 60.7 Å². The second kappa shape index (κ2) is 21.3. The van der Waals surface area contributed by atoms with E-state index in [9.17, 15) is 35.4 Å². The minimum absolute atomic E-state index is 0. The Bertz CT molecular complexity index is 2010. The van der Waals surface area contributed by atoms with Crippen LogP contribution in [0.5, 0.6) is 23.0 Å². The van der Waals surface area contributed by atoms with E-state index in [0.29, 0.717) is 11.1 Å². The first-order chi connectivity index (χ1) is 28.9. The summed E-state index contributed by atoms with van der Waals surface area (Å²) in [4.78, 5) is 10.6. The number of hydrogen-bond donors (Lipinski definition) is 2. The van der Waals surface area contributed by atoms with Crippen molar-refractivity contribution in [3.63, 3.8) is 0 Å². The summed E-state index contributed by atoms with van der Waals surface area (Å²) in [6.45, 7) is 26.0. The number of nitrogens with zero attached hydrogens (tertiary/aromatic N) is 2. The van der Waals surface area contributed by atoms with Gasteiger partial charge in [0.1, 0.15) is 35.1 Å². The Hall–Kier alpha value is -3.62. The van der Waals surface area contributed by atoms with Crippen LogP contribution in [0, 0.1) is 0 Å². The molecular formula is C48H68F6MnN2O4PSi2-. The summed E-state index contributed by atoms with van der Waals surface area (Å²) in [5, 5.41) is 23.6. The molecule has 2 unspecified atom stereocenters. The number of hydrogen-bond acceptors (Lipinski definition) is 6. The Labute approximate surface area is 390 Å². The summed E-state index contributed by atoms with van der Waals surface area (Å²) in [6, 6.07) is 33.5. The topological polar surface area (TPSA) is 83.6 Å². The zero-order valence-corrected chi connectivity index (χ0v) is 43.4. The van der Waals surface area contributed by atoms with E-state index in [1.54, 1.807) is 12.4 Å². The number of aromatic hydroxyl groups is 2. The molecule has 1 radical (unpaired) electrons. The fourth-order valence-corrected chi connectivity index (χ4v) is 12.6. The predicted octanol–water partition coefficient (Wildman–Crippen LogP) is 16.9. The summed E-state index contributed by atoms with van der Waals surface area (Å²) < 4.78 is 73.0. The maximum Gasteiger partial charge on any atom is 0 e. The van der Waals surface area contributed by atoms with Crippen molar-refractivity contribution >= 4 is 36.9 Å². The van der Waals surface area contributed by atoms with E-state index in [2.05, 4.69) is 107 Å². The van der Waals surface area contributed by atoms with Crippen molar-refractivity contribution in [3.8, 4) is 23.0 Å². The third-order valence-electron chi connectivity index (χ3n) is 11.7. The minimum Gasteiger partial charge on any atom is 0 e. The van der Waals surface area contributed by atoms with Gasteiger partial charge in [0, 0.05) is 51.8 Å². The van der Waals surface area contributed by atoms with Crippen LogP contribution in [0.15, 0.2) is 94.9 Å². The van der Waals surface area contributed by atoms with Gasteiger partial charge in [0.15, 0.2) is 0 Å². The molecule has 357 valence electrons. The number of rotatable bonds is 17. The molecule has 2 N–H and O–H groups in total. The molecule has 0 saturated carbocycles. The summed E-state index contributed by atoms with van der Waals surface area (Å²) in [5.74, 6) is 1.99. The van der Waals surface area contributed by atoms with Crippen LogP contribution in [0.1, 0.15) is 129 Å². The van der Waals surface area contributed by atoms with Gasteiger partial charge < -0.3 is 19.1 Å². The Kier molecular flexibility index (Phi) is 18.8. The minimum atomic E-state index is -10.7. The maximum absolute atomic E-state index is 11.8. The van der Waals surface area contributed by atoms with Crippen LogP contribution >= 0.6 is 7.81 Å². The van der Waals surface area contributed by atoms with Gasteiger partial charge in [0.25, 0.3) is 0 Å².